The van der Waals surface area contributed by atoms with Gasteiger partial charge < -0.3 is 64.7 Å². The van der Waals surface area contributed by atoms with Crippen molar-refractivity contribution in [2.75, 3.05) is 26.4 Å². The molecule has 0 saturated carbocycles. The van der Waals surface area contributed by atoms with E-state index in [1.54, 1.807) is 23.1 Å². The van der Waals surface area contributed by atoms with Gasteiger partial charge in [-0.3, -0.25) is 4.79 Å². The molecule has 2 aromatic carbocycles. The van der Waals surface area contributed by atoms with Crippen LogP contribution in [0.2, 0.25) is 0 Å². The Morgan fingerprint density at radius 3 is 2.40 bits per heavy atom. The predicted molar refractivity (Wildman–Crippen MR) is 145 cm³/mol. The number of phenols is 2. The van der Waals surface area contributed by atoms with E-state index in [0.717, 1.165) is 11.1 Å². The van der Waals surface area contributed by atoms with Gasteiger partial charge in [-0.25, -0.2) is 0 Å². The SMILES string of the molecule is CC(=O)N1CCc2ccc(O)c(O[C@H]3O[C@@H](CO[C@@H]4OC[C@@](O)(CO)[C@H]4O)[C@@H](O)[C@@H](O)[C@H]3O)c2[C@@H]1Cc1ccc(O)cc1. The normalized spacial score (nSPS) is 34.2. The zero-order valence-corrected chi connectivity index (χ0v) is 23.4. The molecule has 5 rings (SSSR count). The number of nitrogens with zero attached hydrogens (tertiary/aromatic N) is 1. The largest absolute Gasteiger partial charge is 0.508 e. The molecule has 14 heteroatoms. The lowest BCUT2D eigenvalue weighted by Gasteiger charge is -2.42. The van der Waals surface area contributed by atoms with Crippen molar-refractivity contribution in [2.24, 2.45) is 0 Å². The fraction of sp³-hybridized carbons (Fsp3) is 0.552. The summed E-state index contributed by atoms with van der Waals surface area (Å²) in [6, 6.07) is 9.01. The monoisotopic (exact) mass is 607 g/mol. The van der Waals surface area contributed by atoms with Crippen LogP contribution >= 0.6 is 0 Å². The zero-order chi connectivity index (χ0) is 31.1. The number of phenolic OH excluding ortho intramolecular Hbond substituents is 2. The Labute approximate surface area is 246 Å². The lowest BCUT2D eigenvalue weighted by molar-refractivity contribution is -0.289. The Balaban J connectivity index is 1.40. The van der Waals surface area contributed by atoms with Gasteiger partial charge in [0.1, 0.15) is 41.9 Å². The number of rotatable bonds is 8. The van der Waals surface area contributed by atoms with Crippen LogP contribution in [0.25, 0.3) is 0 Å². The van der Waals surface area contributed by atoms with Crippen LogP contribution in [0.4, 0.5) is 0 Å². The molecule has 3 heterocycles. The Bertz CT molecular complexity index is 1290. The third-order valence-corrected chi connectivity index (χ3v) is 8.27. The summed E-state index contributed by atoms with van der Waals surface area (Å²) in [4.78, 5) is 14.3. The number of benzene rings is 2. The second-order valence-electron chi connectivity index (χ2n) is 11.2. The zero-order valence-electron chi connectivity index (χ0n) is 23.4. The molecule has 0 radical (unpaired) electrons. The van der Waals surface area contributed by atoms with Crippen molar-refractivity contribution in [1.29, 1.82) is 0 Å². The van der Waals surface area contributed by atoms with Gasteiger partial charge in [-0.15, -0.1) is 0 Å². The molecular weight excluding hydrogens is 570 g/mol. The topological polar surface area (TPSA) is 219 Å². The van der Waals surface area contributed by atoms with E-state index in [4.69, 9.17) is 18.9 Å². The molecule has 236 valence electrons. The van der Waals surface area contributed by atoms with Crippen molar-refractivity contribution < 1.29 is 64.6 Å². The van der Waals surface area contributed by atoms with Crippen LogP contribution in [0.15, 0.2) is 36.4 Å². The highest BCUT2D eigenvalue weighted by molar-refractivity contribution is 5.75. The smallest absolute Gasteiger partial charge is 0.229 e. The highest BCUT2D eigenvalue weighted by Crippen LogP contribution is 2.44. The van der Waals surface area contributed by atoms with Crippen LogP contribution in [0.1, 0.15) is 29.7 Å². The van der Waals surface area contributed by atoms with Crippen LogP contribution in [-0.2, 0) is 31.8 Å². The quantitative estimate of drug-likeness (QED) is 0.170. The summed E-state index contributed by atoms with van der Waals surface area (Å²) >= 11 is 0. The fourth-order valence-corrected chi connectivity index (χ4v) is 5.73. The predicted octanol–water partition coefficient (Wildman–Crippen LogP) is -1.57. The minimum Gasteiger partial charge on any atom is -0.508 e. The third-order valence-electron chi connectivity index (χ3n) is 8.27. The molecule has 14 nitrogen and oxygen atoms in total. The maximum Gasteiger partial charge on any atom is 0.229 e. The lowest BCUT2D eigenvalue weighted by Crippen LogP contribution is -2.60. The van der Waals surface area contributed by atoms with E-state index in [9.17, 15) is 45.6 Å². The summed E-state index contributed by atoms with van der Waals surface area (Å²) in [7, 11) is 0. The number of aliphatic hydroxyl groups is 6. The molecule has 0 bridgehead atoms. The molecule has 0 spiro atoms. The van der Waals surface area contributed by atoms with E-state index in [-0.39, 0.29) is 23.2 Å². The van der Waals surface area contributed by atoms with Gasteiger partial charge in [-0.1, -0.05) is 18.2 Å². The van der Waals surface area contributed by atoms with E-state index in [0.29, 0.717) is 24.9 Å². The average Bonchev–Trinajstić information content (AvgIpc) is 3.28. The highest BCUT2D eigenvalue weighted by atomic mass is 16.7. The van der Waals surface area contributed by atoms with Crippen LogP contribution in [0.3, 0.4) is 0 Å². The number of ether oxygens (including phenoxy) is 4. The molecule has 2 fully saturated rings. The second kappa shape index (κ2) is 12.5. The first-order valence-electron chi connectivity index (χ1n) is 13.9. The van der Waals surface area contributed by atoms with Gasteiger partial charge in [0.15, 0.2) is 17.8 Å². The van der Waals surface area contributed by atoms with Crippen molar-refractivity contribution in [2.45, 2.75) is 74.5 Å². The number of carbonyl (C=O) groups is 1. The molecular formula is C29H37NO13. The van der Waals surface area contributed by atoms with Crippen molar-refractivity contribution >= 4 is 5.91 Å². The maximum absolute atomic E-state index is 12.7. The Kier molecular flexibility index (Phi) is 9.13. The molecule has 43 heavy (non-hydrogen) atoms. The Morgan fingerprint density at radius 2 is 1.74 bits per heavy atom. The van der Waals surface area contributed by atoms with Crippen molar-refractivity contribution in [3.8, 4) is 17.2 Å². The highest BCUT2D eigenvalue weighted by Gasteiger charge is 2.50. The average molecular weight is 608 g/mol. The summed E-state index contributed by atoms with van der Waals surface area (Å²) in [5, 5.41) is 82.4. The number of hydrogen-bond donors (Lipinski definition) is 8. The van der Waals surface area contributed by atoms with Crippen molar-refractivity contribution in [3.63, 3.8) is 0 Å². The molecule has 2 aromatic rings. The van der Waals surface area contributed by atoms with E-state index in [1.807, 2.05) is 0 Å². The Hall–Kier alpha value is -3.05. The van der Waals surface area contributed by atoms with E-state index in [2.05, 4.69) is 0 Å². The molecule has 3 aliphatic rings. The number of hydrogen-bond acceptors (Lipinski definition) is 13. The molecule has 9 atom stereocenters. The number of amides is 1. The lowest BCUT2D eigenvalue weighted by atomic mass is 9.87. The summed E-state index contributed by atoms with van der Waals surface area (Å²) in [6.45, 7) is 0.173. The number of aliphatic hydroxyl groups excluding tert-OH is 5. The third kappa shape index (κ3) is 6.16. The van der Waals surface area contributed by atoms with Gasteiger partial charge in [0.25, 0.3) is 0 Å². The van der Waals surface area contributed by atoms with Crippen LogP contribution < -0.4 is 4.74 Å². The van der Waals surface area contributed by atoms with Gasteiger partial charge in [0.2, 0.25) is 12.2 Å². The minimum atomic E-state index is -1.94. The molecule has 0 unspecified atom stereocenters. The van der Waals surface area contributed by atoms with Crippen LogP contribution in [0, 0.1) is 0 Å². The van der Waals surface area contributed by atoms with Gasteiger partial charge in [-0.2, -0.15) is 0 Å². The number of aromatic hydroxyl groups is 2. The van der Waals surface area contributed by atoms with Gasteiger partial charge in [0.05, 0.1) is 25.9 Å². The fourth-order valence-electron chi connectivity index (χ4n) is 5.73. The molecule has 2 saturated heterocycles. The molecule has 3 aliphatic heterocycles. The molecule has 0 aliphatic carbocycles. The Morgan fingerprint density at radius 1 is 1.02 bits per heavy atom. The van der Waals surface area contributed by atoms with E-state index >= 15 is 0 Å². The first kappa shape index (κ1) is 31.4. The number of carbonyl (C=O) groups excluding carboxylic acids is 1. The van der Waals surface area contributed by atoms with Gasteiger partial charge in [0, 0.05) is 19.0 Å². The van der Waals surface area contributed by atoms with Gasteiger partial charge >= 0.3 is 0 Å². The minimum absolute atomic E-state index is 0.0814. The number of fused-ring (bicyclic) bond motifs is 1. The van der Waals surface area contributed by atoms with Crippen LogP contribution in [0.5, 0.6) is 17.2 Å². The van der Waals surface area contributed by atoms with E-state index < -0.39 is 74.6 Å². The first-order chi connectivity index (χ1) is 20.4. The molecule has 8 N–H and O–H groups in total. The first-order valence-corrected chi connectivity index (χ1v) is 13.9. The maximum atomic E-state index is 12.7. The van der Waals surface area contributed by atoms with Gasteiger partial charge in [-0.05, 0) is 42.2 Å². The molecule has 1 amide bonds. The standard InChI is InChI=1S/C29H37NO13/c1-14(32)30-9-8-16-4-7-19(34)25(21(16)18(30)10-15-2-5-17(33)6-3-15)43-27-24(37)23(36)22(35)20(42-27)11-40-28-26(38)29(39,12-31)13-41-28/h2-7,18,20,22-24,26-28,31,33-39H,8-13H2,1H3/t18-,20-,22+,23+,24+,26-,27+,28+,29-/m0/s1. The van der Waals surface area contributed by atoms with Crippen molar-refractivity contribution in [1.82, 2.24) is 4.90 Å². The summed E-state index contributed by atoms with van der Waals surface area (Å²) in [6.07, 6.45) is -10.3. The molecule has 0 aromatic heterocycles. The van der Waals surface area contributed by atoms with Crippen LogP contribution in [-0.4, -0.2) is 127 Å². The van der Waals surface area contributed by atoms with E-state index in [1.165, 1.54) is 25.1 Å². The summed E-state index contributed by atoms with van der Waals surface area (Å²) < 4.78 is 22.5. The van der Waals surface area contributed by atoms with Crippen molar-refractivity contribution in [3.05, 3.63) is 53.1 Å². The summed E-state index contributed by atoms with van der Waals surface area (Å²) in [5.74, 6) is -0.520. The second-order valence-corrected chi connectivity index (χ2v) is 11.2. The summed E-state index contributed by atoms with van der Waals surface area (Å²) in [5.41, 5.74) is 0.116.